The van der Waals surface area contributed by atoms with Gasteiger partial charge in [0.15, 0.2) is 0 Å². The standard InChI is InChI=1S/C17H11N/c1-2-6-14(7-3-1)10-12-16-13-11-15-8-4-5-9-17(15)18-16/h1-3,6-13H/b12-10+. The van der Waals surface area contributed by atoms with Crippen molar-refractivity contribution in [3.63, 3.8) is 0 Å². The Balaban J connectivity index is 1.93. The summed E-state index contributed by atoms with van der Waals surface area (Å²) in [4.78, 5) is 4.55. The normalized spacial score (nSPS) is 10.7. The topological polar surface area (TPSA) is 12.9 Å². The second-order valence-electron chi connectivity index (χ2n) is 4.03. The third kappa shape index (κ3) is 2.23. The van der Waals surface area contributed by atoms with E-state index in [1.807, 2.05) is 42.5 Å². The first kappa shape index (κ1) is 10.6. The van der Waals surface area contributed by atoms with Crippen molar-refractivity contribution in [1.29, 1.82) is 0 Å². The summed E-state index contributed by atoms with van der Waals surface area (Å²) in [5.74, 6) is 0. The molecule has 0 aliphatic carbocycles. The van der Waals surface area contributed by atoms with Gasteiger partial charge in [-0.15, -0.1) is 0 Å². The van der Waals surface area contributed by atoms with Crippen LogP contribution in [0.1, 0.15) is 11.3 Å². The van der Waals surface area contributed by atoms with Crippen LogP contribution in [0.15, 0.2) is 54.6 Å². The fourth-order valence-electron chi connectivity index (χ4n) is 1.81. The van der Waals surface area contributed by atoms with Gasteiger partial charge >= 0.3 is 0 Å². The molecule has 84 valence electrons. The van der Waals surface area contributed by atoms with Crippen LogP contribution in [0.4, 0.5) is 0 Å². The number of hydrogen-bond acceptors (Lipinski definition) is 1. The summed E-state index contributed by atoms with van der Waals surface area (Å²) in [5.41, 5.74) is 3.07. The second kappa shape index (κ2) is 4.73. The molecule has 0 atom stereocenters. The molecule has 1 heteroatoms. The highest BCUT2D eigenvalue weighted by atomic mass is 14.7. The smallest absolute Gasteiger partial charge is 0.0799 e. The minimum absolute atomic E-state index is 0.948. The lowest BCUT2D eigenvalue weighted by atomic mass is 10.2. The number of hydrogen-bond donors (Lipinski definition) is 0. The third-order valence-corrected chi connectivity index (χ3v) is 2.74. The van der Waals surface area contributed by atoms with Crippen LogP contribution in [-0.4, -0.2) is 4.98 Å². The van der Waals surface area contributed by atoms with Gasteiger partial charge < -0.3 is 0 Å². The number of rotatable bonds is 2. The van der Waals surface area contributed by atoms with E-state index in [9.17, 15) is 0 Å². The molecule has 0 amide bonds. The van der Waals surface area contributed by atoms with Gasteiger partial charge in [-0.1, -0.05) is 54.6 Å². The molecule has 3 aromatic rings. The Labute approximate surface area is 106 Å². The van der Waals surface area contributed by atoms with Crippen molar-refractivity contribution in [3.8, 4) is 0 Å². The Morgan fingerprint density at radius 3 is 2.56 bits per heavy atom. The average molecular weight is 229 g/mol. The molecule has 0 aliphatic rings. The molecule has 3 rings (SSSR count). The molecule has 0 saturated carbocycles. The van der Waals surface area contributed by atoms with E-state index in [0.29, 0.717) is 0 Å². The molecule has 1 aromatic heterocycles. The third-order valence-electron chi connectivity index (χ3n) is 2.74. The number of aromatic nitrogens is 1. The zero-order valence-corrected chi connectivity index (χ0v) is 9.80. The summed E-state index contributed by atoms with van der Waals surface area (Å²) >= 11 is 0. The summed E-state index contributed by atoms with van der Waals surface area (Å²) in [7, 11) is 0. The molecule has 0 bridgehead atoms. The molecule has 0 saturated heterocycles. The molecule has 0 spiro atoms. The first-order chi connectivity index (χ1) is 8.92. The first-order valence-electron chi connectivity index (χ1n) is 5.83. The number of pyridine rings is 1. The molecule has 0 aliphatic heterocycles. The maximum Gasteiger partial charge on any atom is 0.0799 e. The zero-order valence-electron chi connectivity index (χ0n) is 9.80. The lowest BCUT2D eigenvalue weighted by Crippen LogP contribution is -1.81. The summed E-state index contributed by atoms with van der Waals surface area (Å²) in [6.45, 7) is 0. The Hall–Kier alpha value is -2.59. The van der Waals surface area contributed by atoms with Crippen molar-refractivity contribution in [2.45, 2.75) is 0 Å². The van der Waals surface area contributed by atoms with Crippen LogP contribution in [0.25, 0.3) is 23.1 Å². The van der Waals surface area contributed by atoms with E-state index in [0.717, 1.165) is 16.6 Å². The largest absolute Gasteiger partial charge is 0.248 e. The molecule has 18 heavy (non-hydrogen) atoms. The Bertz CT molecular complexity index is 684. The molecule has 0 N–H and O–H groups in total. The van der Waals surface area contributed by atoms with E-state index >= 15 is 0 Å². The van der Waals surface area contributed by atoms with Crippen LogP contribution in [0.3, 0.4) is 0 Å². The molecule has 0 fully saturated rings. The molecular formula is C17H11N. The van der Waals surface area contributed by atoms with Crippen molar-refractivity contribution in [3.05, 3.63) is 78.0 Å². The molecular weight excluding hydrogens is 218 g/mol. The first-order valence-corrected chi connectivity index (χ1v) is 5.83. The Kier molecular flexibility index (Phi) is 2.77. The van der Waals surface area contributed by atoms with Crippen LogP contribution in [-0.2, 0) is 0 Å². The Morgan fingerprint density at radius 1 is 0.833 bits per heavy atom. The summed E-state index contributed by atoms with van der Waals surface area (Å²) in [5, 5.41) is 1.09. The molecule has 2 aromatic carbocycles. The molecule has 1 nitrogen and oxygen atoms in total. The fourth-order valence-corrected chi connectivity index (χ4v) is 1.81. The van der Waals surface area contributed by atoms with Crippen molar-refractivity contribution in [1.82, 2.24) is 4.98 Å². The lowest BCUT2D eigenvalue weighted by Gasteiger charge is -1.97. The van der Waals surface area contributed by atoms with Gasteiger partial charge in [0.2, 0.25) is 0 Å². The van der Waals surface area contributed by atoms with Crippen LogP contribution >= 0.6 is 0 Å². The SMILES string of the molecule is c1cc2ccc(/C=C/c3ccccc3)nc2cc#1. The number of nitrogens with zero attached hydrogens (tertiary/aromatic N) is 1. The van der Waals surface area contributed by atoms with Gasteiger partial charge in [-0.25, -0.2) is 4.98 Å². The minimum atomic E-state index is 0.948. The van der Waals surface area contributed by atoms with Crippen molar-refractivity contribution < 1.29 is 0 Å². The summed E-state index contributed by atoms with van der Waals surface area (Å²) in [6, 6.07) is 23.9. The highest BCUT2D eigenvalue weighted by molar-refractivity contribution is 5.80. The predicted octanol–water partition coefficient (Wildman–Crippen LogP) is 4.01. The van der Waals surface area contributed by atoms with Gasteiger partial charge in [-0.2, -0.15) is 0 Å². The van der Waals surface area contributed by atoms with E-state index < -0.39 is 0 Å². The average Bonchev–Trinajstić information content (AvgIpc) is 2.46. The fraction of sp³-hybridized carbons (Fsp3) is 0. The maximum atomic E-state index is 4.55. The molecule has 1 heterocycles. The van der Waals surface area contributed by atoms with Crippen molar-refractivity contribution in [2.75, 3.05) is 0 Å². The van der Waals surface area contributed by atoms with Crippen LogP contribution in [0.2, 0.25) is 0 Å². The number of benzene rings is 1. The summed E-state index contributed by atoms with van der Waals surface area (Å²) in [6.07, 6.45) is 4.08. The van der Waals surface area contributed by atoms with Gasteiger partial charge in [-0.05, 0) is 23.8 Å². The van der Waals surface area contributed by atoms with Crippen LogP contribution in [0, 0.1) is 12.1 Å². The monoisotopic (exact) mass is 229 g/mol. The highest BCUT2D eigenvalue weighted by Gasteiger charge is 1.94. The predicted molar refractivity (Wildman–Crippen MR) is 74.8 cm³/mol. The van der Waals surface area contributed by atoms with Gasteiger partial charge in [0, 0.05) is 11.5 Å². The van der Waals surface area contributed by atoms with Gasteiger partial charge in [-0.3, -0.25) is 0 Å². The Morgan fingerprint density at radius 2 is 1.67 bits per heavy atom. The maximum absolute atomic E-state index is 4.55. The van der Waals surface area contributed by atoms with Crippen LogP contribution in [0.5, 0.6) is 0 Å². The quantitative estimate of drug-likeness (QED) is 0.647. The zero-order chi connectivity index (χ0) is 12.2. The molecule has 0 unspecified atom stereocenters. The van der Waals surface area contributed by atoms with E-state index in [2.05, 4.69) is 41.4 Å². The minimum Gasteiger partial charge on any atom is -0.248 e. The van der Waals surface area contributed by atoms with E-state index in [1.54, 1.807) is 0 Å². The van der Waals surface area contributed by atoms with E-state index in [4.69, 9.17) is 0 Å². The van der Waals surface area contributed by atoms with Crippen molar-refractivity contribution in [2.24, 2.45) is 0 Å². The van der Waals surface area contributed by atoms with Crippen LogP contribution < -0.4 is 0 Å². The van der Waals surface area contributed by atoms with Gasteiger partial charge in [0.1, 0.15) is 0 Å². The molecule has 0 radical (unpaired) electrons. The second-order valence-corrected chi connectivity index (χ2v) is 4.03. The van der Waals surface area contributed by atoms with Crippen molar-refractivity contribution >= 4 is 23.1 Å². The summed E-state index contributed by atoms with van der Waals surface area (Å²) < 4.78 is 0. The lowest BCUT2D eigenvalue weighted by molar-refractivity contribution is 1.37. The van der Waals surface area contributed by atoms with E-state index in [-0.39, 0.29) is 0 Å². The highest BCUT2D eigenvalue weighted by Crippen LogP contribution is 2.12. The van der Waals surface area contributed by atoms with Gasteiger partial charge in [0.05, 0.1) is 11.2 Å². The van der Waals surface area contributed by atoms with Gasteiger partial charge in [0.25, 0.3) is 0 Å². The number of fused-ring (bicyclic) bond motifs is 1. The van der Waals surface area contributed by atoms with E-state index in [1.165, 1.54) is 5.56 Å².